The zero-order valence-corrected chi connectivity index (χ0v) is 35.0. The van der Waals surface area contributed by atoms with Crippen molar-refractivity contribution in [2.75, 3.05) is 25.5 Å². The molecular weight excluding hydrogens is 1250 g/mol. The highest BCUT2D eigenvalue weighted by molar-refractivity contribution is 14.1. The Morgan fingerprint density at radius 3 is 1.77 bits per heavy atom. The molecule has 0 aromatic heterocycles. The summed E-state index contributed by atoms with van der Waals surface area (Å²) in [5.74, 6) is -4.84. The third-order valence-electron chi connectivity index (χ3n) is 5.49. The van der Waals surface area contributed by atoms with Crippen LogP contribution < -0.4 is 26.6 Å². The van der Waals surface area contributed by atoms with Gasteiger partial charge in [-0.1, -0.05) is 0 Å². The van der Waals surface area contributed by atoms with E-state index in [2.05, 4.69) is 26.6 Å². The number of carbonyl (C=O) groups is 6. The number of aliphatic hydroxyl groups is 1. The van der Waals surface area contributed by atoms with E-state index in [1.54, 1.807) is 73.8 Å². The smallest absolute Gasteiger partial charge is 0.337 e. The Morgan fingerprint density at radius 1 is 0.767 bits per heavy atom. The third kappa shape index (κ3) is 8.90. The summed E-state index contributed by atoms with van der Waals surface area (Å²) in [6.45, 7) is 1.94. The van der Waals surface area contributed by atoms with Crippen LogP contribution >= 0.6 is 136 Å². The lowest BCUT2D eigenvalue weighted by Gasteiger charge is -2.31. The average molecular weight is 1270 g/mol. The summed E-state index contributed by atoms with van der Waals surface area (Å²) >= 11 is 11.0. The number of amides is 5. The largest absolute Gasteiger partial charge is 0.478 e. The van der Waals surface area contributed by atoms with Gasteiger partial charge in [0, 0.05) is 34.8 Å². The van der Waals surface area contributed by atoms with Gasteiger partial charge < -0.3 is 36.8 Å². The first-order chi connectivity index (χ1) is 19.9. The number of carbonyl (C=O) groups excluding carboxylic acids is 5. The van der Waals surface area contributed by atoms with Gasteiger partial charge in [-0.15, -0.1) is 0 Å². The summed E-state index contributed by atoms with van der Waals surface area (Å²) in [7, 11) is 1.45. The van der Waals surface area contributed by atoms with Gasteiger partial charge in [-0.25, -0.2) is 4.79 Å². The first kappa shape index (κ1) is 38.8. The monoisotopic (exact) mass is 1270 g/mol. The quantitative estimate of drug-likeness (QED) is 0.139. The van der Waals surface area contributed by atoms with Crippen LogP contribution in [0.4, 0.5) is 5.69 Å². The maximum absolute atomic E-state index is 13.8. The molecule has 5 amide bonds. The molecule has 0 fully saturated rings. The van der Waals surface area contributed by atoms with Crippen LogP contribution in [0.15, 0.2) is 6.07 Å². The van der Waals surface area contributed by atoms with Gasteiger partial charge in [0.25, 0.3) is 23.6 Å². The van der Waals surface area contributed by atoms with E-state index in [4.69, 9.17) is 5.11 Å². The number of nitrogens with one attached hydrogen (secondary N) is 5. The Balaban J connectivity index is 2.67. The lowest BCUT2D eigenvalue weighted by molar-refractivity contribution is -0.129. The third-order valence-corrected chi connectivity index (χ3v) is 11.5. The number of rotatable bonds is 10. The number of aliphatic hydroxyl groups excluding tert-OH is 1. The summed E-state index contributed by atoms with van der Waals surface area (Å²) in [6, 6.07) is 1.63. The molecule has 2 aromatic rings. The topological polar surface area (TPSA) is 203 Å². The Kier molecular flexibility index (Phi) is 14.8. The van der Waals surface area contributed by atoms with Crippen molar-refractivity contribution in [1.29, 1.82) is 0 Å². The number of carboxylic acid groups (broad SMARTS) is 1. The number of benzene rings is 2. The fourth-order valence-electron chi connectivity index (χ4n) is 3.58. The SMILES string of the molecule is CNC(=O)c1c(I)cc(I)c(C(=O)NC(C)(NC(C)=O)C(=O)Nc2c(I)c(C(=O)O)c(I)c(C(=O)NCCO)c2I)c1I. The van der Waals surface area contributed by atoms with Gasteiger partial charge in [-0.05, 0) is 149 Å². The minimum atomic E-state index is -2.08. The van der Waals surface area contributed by atoms with E-state index in [1.165, 1.54) is 14.0 Å². The fraction of sp³-hybridized carbons (Fsp3) is 0.250. The number of aromatic carboxylic acids is 1. The summed E-state index contributed by atoms with van der Waals surface area (Å²) < 4.78 is 1.80. The zero-order chi connectivity index (χ0) is 33.0. The van der Waals surface area contributed by atoms with Crippen molar-refractivity contribution in [3.63, 3.8) is 0 Å². The Labute approximate surface area is 327 Å². The second kappa shape index (κ2) is 16.4. The molecule has 232 valence electrons. The standard InChI is InChI=1S/C24H21I6N5O8/c1-7(37)34-24(2,35-21(40)11-9(26)6-8(25)10(14(11)27)19(38)31-3)23(43)33-18-16(29)12(20(39)32-4-5-36)15(28)13(17(18)30)22(41)42/h6,36H,4-5H2,1-3H3,(H,31,38)(H,32,39)(H,33,43)(H,34,37)(H,35,40)(H,41,42). The molecule has 0 aliphatic heterocycles. The number of hydrogen-bond donors (Lipinski definition) is 7. The van der Waals surface area contributed by atoms with Crippen LogP contribution in [-0.2, 0) is 9.59 Å². The molecule has 43 heavy (non-hydrogen) atoms. The highest BCUT2D eigenvalue weighted by atomic mass is 127. The molecule has 2 rings (SSSR count). The van der Waals surface area contributed by atoms with E-state index < -0.39 is 41.2 Å². The van der Waals surface area contributed by atoms with E-state index in [0.29, 0.717) is 10.7 Å². The van der Waals surface area contributed by atoms with Crippen molar-refractivity contribution in [2.24, 2.45) is 0 Å². The van der Waals surface area contributed by atoms with Gasteiger partial charge in [0.15, 0.2) is 5.66 Å². The van der Waals surface area contributed by atoms with Gasteiger partial charge in [0.2, 0.25) is 5.91 Å². The summed E-state index contributed by atoms with van der Waals surface area (Å²) in [5, 5.41) is 31.6. The Morgan fingerprint density at radius 2 is 1.28 bits per heavy atom. The molecule has 0 heterocycles. The van der Waals surface area contributed by atoms with Crippen LogP contribution in [0.1, 0.15) is 55.3 Å². The first-order valence-corrected chi connectivity index (χ1v) is 18.1. The number of halogens is 6. The Hall–Kier alpha value is -0.400. The highest BCUT2D eigenvalue weighted by Gasteiger charge is 2.39. The second-order valence-corrected chi connectivity index (χ2v) is 15.2. The van der Waals surface area contributed by atoms with E-state index in [0.717, 1.165) is 6.92 Å². The van der Waals surface area contributed by atoms with E-state index >= 15 is 0 Å². The van der Waals surface area contributed by atoms with Crippen LogP contribution in [0.3, 0.4) is 0 Å². The Bertz CT molecular complexity index is 1550. The van der Waals surface area contributed by atoms with Gasteiger partial charge in [-0.2, -0.15) is 0 Å². The molecule has 0 aliphatic rings. The van der Waals surface area contributed by atoms with Crippen molar-refractivity contribution in [2.45, 2.75) is 19.5 Å². The molecule has 0 saturated heterocycles. The molecule has 13 nitrogen and oxygen atoms in total. The first-order valence-electron chi connectivity index (χ1n) is 11.6. The minimum Gasteiger partial charge on any atom is -0.478 e. The van der Waals surface area contributed by atoms with Crippen LogP contribution in [0.25, 0.3) is 0 Å². The van der Waals surface area contributed by atoms with Crippen LogP contribution in [0.2, 0.25) is 0 Å². The average Bonchev–Trinajstić information content (AvgIpc) is 2.88. The van der Waals surface area contributed by atoms with E-state index in [1.807, 2.05) is 67.8 Å². The molecule has 0 bridgehead atoms. The van der Waals surface area contributed by atoms with Gasteiger partial charge in [0.1, 0.15) is 0 Å². The predicted octanol–water partition coefficient (Wildman–Crippen LogP) is 3.31. The second-order valence-electron chi connectivity index (χ2n) is 8.55. The molecule has 2 aromatic carbocycles. The lowest BCUT2D eigenvalue weighted by atomic mass is 10.1. The van der Waals surface area contributed by atoms with Crippen molar-refractivity contribution < 1.29 is 39.0 Å². The van der Waals surface area contributed by atoms with Crippen molar-refractivity contribution in [3.05, 3.63) is 49.7 Å². The molecule has 1 unspecified atom stereocenters. The van der Waals surface area contributed by atoms with Crippen molar-refractivity contribution in [3.8, 4) is 0 Å². The molecule has 0 radical (unpaired) electrons. The number of anilines is 1. The maximum Gasteiger partial charge on any atom is 0.337 e. The summed E-state index contributed by atoms with van der Waals surface area (Å²) in [4.78, 5) is 77.3. The normalized spacial score (nSPS) is 12.0. The molecule has 7 N–H and O–H groups in total. The predicted molar refractivity (Wildman–Crippen MR) is 207 cm³/mol. The van der Waals surface area contributed by atoms with Crippen LogP contribution in [0, 0.1) is 21.4 Å². The van der Waals surface area contributed by atoms with E-state index in [-0.39, 0.29) is 51.8 Å². The van der Waals surface area contributed by atoms with E-state index in [9.17, 15) is 33.9 Å². The molecule has 0 saturated carbocycles. The summed E-state index contributed by atoms with van der Waals surface area (Å²) in [5.41, 5.74) is -2.05. The molecule has 1 atom stereocenters. The molecule has 0 aliphatic carbocycles. The van der Waals surface area contributed by atoms with Crippen molar-refractivity contribution >= 4 is 177 Å². The van der Waals surface area contributed by atoms with Gasteiger partial charge in [-0.3, -0.25) is 24.0 Å². The van der Waals surface area contributed by atoms with Gasteiger partial charge >= 0.3 is 5.97 Å². The fourth-order valence-corrected chi connectivity index (χ4v) is 12.3. The number of hydrogen-bond acceptors (Lipinski definition) is 7. The van der Waals surface area contributed by atoms with Crippen LogP contribution in [0.5, 0.6) is 0 Å². The lowest BCUT2D eigenvalue weighted by Crippen LogP contribution is -2.65. The number of carboxylic acids is 1. The molecule has 19 heteroatoms. The molecule has 0 spiro atoms. The zero-order valence-electron chi connectivity index (χ0n) is 22.1. The molecular formula is C24H21I6N5O8. The minimum absolute atomic E-state index is 0.0377. The van der Waals surface area contributed by atoms with Gasteiger partial charge in [0.05, 0.1) is 41.7 Å². The highest BCUT2D eigenvalue weighted by Crippen LogP contribution is 2.36. The maximum atomic E-state index is 13.8. The van der Waals surface area contributed by atoms with Crippen LogP contribution in [-0.4, -0.2) is 71.6 Å². The summed E-state index contributed by atoms with van der Waals surface area (Å²) in [6.07, 6.45) is 0. The van der Waals surface area contributed by atoms with Crippen molar-refractivity contribution in [1.82, 2.24) is 21.3 Å².